The lowest BCUT2D eigenvalue weighted by Gasteiger charge is -2.30. The normalized spacial score (nSPS) is 25.1. The van der Waals surface area contributed by atoms with Gasteiger partial charge >= 0.3 is 0 Å². The maximum atomic E-state index is 9.34. The zero-order valence-corrected chi connectivity index (χ0v) is 10.6. The number of aliphatic hydroxyl groups is 1. The van der Waals surface area contributed by atoms with Crippen molar-refractivity contribution in [1.82, 2.24) is 15.3 Å². The first-order chi connectivity index (χ1) is 8.29. The average Bonchev–Trinajstić information content (AvgIpc) is 2.76. The third kappa shape index (κ3) is 3.54. The first kappa shape index (κ1) is 12.6. The van der Waals surface area contributed by atoms with Gasteiger partial charge in [0.15, 0.2) is 0 Å². The minimum Gasteiger partial charge on any atom is -0.396 e. The number of imidazole rings is 1. The van der Waals surface area contributed by atoms with Crippen LogP contribution in [0.3, 0.4) is 0 Å². The van der Waals surface area contributed by atoms with Gasteiger partial charge in [-0.1, -0.05) is 12.8 Å². The number of nitrogens with one attached hydrogen (secondary N) is 2. The SMILES string of the molecule is Cc1ncc(CNCC2CCCCC2CO)[nH]1. The standard InChI is InChI=1S/C13H23N3O/c1-10-15-8-13(16-10)7-14-6-11-4-2-3-5-12(11)9-17/h8,11-12,14,17H,2-7,9H2,1H3,(H,15,16). The van der Waals surface area contributed by atoms with E-state index in [-0.39, 0.29) is 0 Å². The number of H-pyrrole nitrogens is 1. The third-order valence-electron chi connectivity index (χ3n) is 3.78. The second-order valence-electron chi connectivity index (χ2n) is 5.11. The molecule has 0 aliphatic heterocycles. The van der Waals surface area contributed by atoms with E-state index in [4.69, 9.17) is 0 Å². The summed E-state index contributed by atoms with van der Waals surface area (Å²) in [7, 11) is 0. The van der Waals surface area contributed by atoms with Crippen LogP contribution in [0.15, 0.2) is 6.20 Å². The molecule has 0 bridgehead atoms. The van der Waals surface area contributed by atoms with E-state index in [2.05, 4.69) is 15.3 Å². The van der Waals surface area contributed by atoms with Crippen molar-refractivity contribution in [3.05, 3.63) is 17.7 Å². The zero-order chi connectivity index (χ0) is 12.1. The number of aliphatic hydroxyl groups excluding tert-OH is 1. The summed E-state index contributed by atoms with van der Waals surface area (Å²) < 4.78 is 0. The van der Waals surface area contributed by atoms with Crippen molar-refractivity contribution in [2.24, 2.45) is 11.8 Å². The largest absolute Gasteiger partial charge is 0.396 e. The van der Waals surface area contributed by atoms with Crippen molar-refractivity contribution >= 4 is 0 Å². The van der Waals surface area contributed by atoms with Crippen LogP contribution in [0.2, 0.25) is 0 Å². The van der Waals surface area contributed by atoms with Gasteiger partial charge in [0, 0.05) is 25.0 Å². The summed E-state index contributed by atoms with van der Waals surface area (Å²) in [6.07, 6.45) is 6.91. The van der Waals surface area contributed by atoms with Crippen LogP contribution in [0.4, 0.5) is 0 Å². The predicted octanol–water partition coefficient (Wildman–Crippen LogP) is 1.61. The summed E-state index contributed by atoms with van der Waals surface area (Å²) in [5.74, 6) is 2.10. The topological polar surface area (TPSA) is 60.9 Å². The number of rotatable bonds is 5. The molecular weight excluding hydrogens is 214 g/mol. The first-order valence-electron chi connectivity index (χ1n) is 6.61. The summed E-state index contributed by atoms with van der Waals surface area (Å²) in [5, 5.41) is 12.8. The van der Waals surface area contributed by atoms with Crippen LogP contribution in [-0.2, 0) is 6.54 Å². The van der Waals surface area contributed by atoms with Crippen molar-refractivity contribution < 1.29 is 5.11 Å². The molecule has 1 aliphatic rings. The molecular formula is C13H23N3O. The van der Waals surface area contributed by atoms with Gasteiger partial charge in [0.2, 0.25) is 0 Å². The highest BCUT2D eigenvalue weighted by molar-refractivity contribution is 4.99. The molecule has 3 N–H and O–H groups in total. The van der Waals surface area contributed by atoms with Gasteiger partial charge in [0.05, 0.1) is 0 Å². The molecule has 0 aromatic carbocycles. The van der Waals surface area contributed by atoms with Crippen molar-refractivity contribution in [2.75, 3.05) is 13.2 Å². The van der Waals surface area contributed by atoms with E-state index in [9.17, 15) is 5.11 Å². The predicted molar refractivity (Wildman–Crippen MR) is 67.6 cm³/mol. The van der Waals surface area contributed by atoms with Crippen molar-refractivity contribution in [3.63, 3.8) is 0 Å². The molecule has 96 valence electrons. The molecule has 2 unspecified atom stereocenters. The fourth-order valence-electron chi connectivity index (χ4n) is 2.75. The summed E-state index contributed by atoms with van der Waals surface area (Å²) in [5.41, 5.74) is 1.14. The number of nitrogens with zero attached hydrogens (tertiary/aromatic N) is 1. The molecule has 2 atom stereocenters. The number of aromatic nitrogens is 2. The molecule has 4 nitrogen and oxygen atoms in total. The van der Waals surface area contributed by atoms with Gasteiger partial charge in [-0.25, -0.2) is 4.98 Å². The van der Waals surface area contributed by atoms with Crippen LogP contribution in [0.25, 0.3) is 0 Å². The highest BCUT2D eigenvalue weighted by atomic mass is 16.3. The van der Waals surface area contributed by atoms with E-state index >= 15 is 0 Å². The van der Waals surface area contributed by atoms with Crippen molar-refractivity contribution in [2.45, 2.75) is 39.2 Å². The molecule has 0 amide bonds. The van der Waals surface area contributed by atoms with Crippen LogP contribution in [0, 0.1) is 18.8 Å². The minimum atomic E-state index is 0.343. The second-order valence-corrected chi connectivity index (χ2v) is 5.11. The molecule has 1 aromatic heterocycles. The Hall–Kier alpha value is -0.870. The lowest BCUT2D eigenvalue weighted by atomic mass is 9.79. The quantitative estimate of drug-likeness (QED) is 0.729. The Bertz CT molecular complexity index is 337. The van der Waals surface area contributed by atoms with Gasteiger partial charge in [-0.15, -0.1) is 0 Å². The highest BCUT2D eigenvalue weighted by Gasteiger charge is 2.23. The maximum Gasteiger partial charge on any atom is 0.103 e. The number of aromatic amines is 1. The van der Waals surface area contributed by atoms with Crippen molar-refractivity contribution in [1.29, 1.82) is 0 Å². The van der Waals surface area contributed by atoms with Gasteiger partial charge in [0.25, 0.3) is 0 Å². The van der Waals surface area contributed by atoms with Crippen molar-refractivity contribution in [3.8, 4) is 0 Å². The lowest BCUT2D eigenvalue weighted by molar-refractivity contribution is 0.133. The fraction of sp³-hybridized carbons (Fsp3) is 0.769. The molecule has 0 spiro atoms. The van der Waals surface area contributed by atoms with E-state index in [1.165, 1.54) is 25.7 Å². The van der Waals surface area contributed by atoms with Gasteiger partial charge in [-0.2, -0.15) is 0 Å². The molecule has 1 aliphatic carbocycles. The van der Waals surface area contributed by atoms with Crippen LogP contribution >= 0.6 is 0 Å². The number of hydrogen-bond donors (Lipinski definition) is 3. The lowest BCUT2D eigenvalue weighted by Crippen LogP contribution is -2.32. The van der Waals surface area contributed by atoms with E-state index in [0.717, 1.165) is 24.6 Å². The fourth-order valence-corrected chi connectivity index (χ4v) is 2.75. The number of aryl methyl sites for hydroxylation is 1. The zero-order valence-electron chi connectivity index (χ0n) is 10.6. The molecule has 1 aromatic rings. The monoisotopic (exact) mass is 237 g/mol. The van der Waals surface area contributed by atoms with Gasteiger partial charge in [-0.3, -0.25) is 0 Å². The molecule has 1 saturated carbocycles. The van der Waals surface area contributed by atoms with Crippen LogP contribution in [0.5, 0.6) is 0 Å². The number of hydrogen-bond acceptors (Lipinski definition) is 3. The summed E-state index contributed by atoms with van der Waals surface area (Å²) in [6.45, 7) is 4.15. The van der Waals surface area contributed by atoms with Crippen LogP contribution in [0.1, 0.15) is 37.2 Å². The van der Waals surface area contributed by atoms with E-state index in [0.29, 0.717) is 18.4 Å². The summed E-state index contributed by atoms with van der Waals surface area (Å²) >= 11 is 0. The molecule has 1 fully saturated rings. The Labute approximate surface area is 103 Å². The average molecular weight is 237 g/mol. The van der Waals surface area contributed by atoms with Gasteiger partial charge < -0.3 is 15.4 Å². The van der Waals surface area contributed by atoms with Gasteiger partial charge in [0.1, 0.15) is 5.82 Å². The molecule has 1 heterocycles. The molecule has 0 radical (unpaired) electrons. The van der Waals surface area contributed by atoms with Crippen LogP contribution in [-0.4, -0.2) is 28.2 Å². The molecule has 2 rings (SSSR count). The van der Waals surface area contributed by atoms with E-state index in [1.54, 1.807) is 0 Å². The minimum absolute atomic E-state index is 0.343. The van der Waals surface area contributed by atoms with Gasteiger partial charge in [-0.05, 0) is 38.1 Å². The Morgan fingerprint density at radius 1 is 1.41 bits per heavy atom. The van der Waals surface area contributed by atoms with Crippen LogP contribution < -0.4 is 5.32 Å². The summed E-state index contributed by atoms with van der Waals surface area (Å²) in [6, 6.07) is 0. The Balaban J connectivity index is 1.73. The smallest absolute Gasteiger partial charge is 0.103 e. The van der Waals surface area contributed by atoms with E-state index < -0.39 is 0 Å². The third-order valence-corrected chi connectivity index (χ3v) is 3.78. The Morgan fingerprint density at radius 2 is 2.18 bits per heavy atom. The maximum absolute atomic E-state index is 9.34. The Morgan fingerprint density at radius 3 is 2.82 bits per heavy atom. The first-order valence-corrected chi connectivity index (χ1v) is 6.61. The molecule has 17 heavy (non-hydrogen) atoms. The Kier molecular flexibility index (Phi) is 4.57. The summed E-state index contributed by atoms with van der Waals surface area (Å²) in [4.78, 5) is 7.39. The van der Waals surface area contributed by atoms with E-state index in [1.807, 2.05) is 13.1 Å². The second kappa shape index (κ2) is 6.17. The molecule has 4 heteroatoms. The highest BCUT2D eigenvalue weighted by Crippen LogP contribution is 2.29. The molecule has 0 saturated heterocycles.